The molecule has 0 unspecified atom stereocenters. The molecule has 2 nitrogen and oxygen atoms in total. The van der Waals surface area contributed by atoms with Gasteiger partial charge in [0.1, 0.15) is 11.5 Å². The van der Waals surface area contributed by atoms with Gasteiger partial charge in [-0.3, -0.25) is 0 Å². The van der Waals surface area contributed by atoms with E-state index >= 15 is 0 Å². The van der Waals surface area contributed by atoms with Crippen LogP contribution < -0.4 is 9.47 Å². The minimum absolute atomic E-state index is 0.693. The number of benzene rings is 1. The molecule has 0 saturated heterocycles. The Balaban J connectivity index is 3.05. The van der Waals surface area contributed by atoms with Crippen LogP contribution in [-0.4, -0.2) is 13.7 Å². The Hall–Kier alpha value is 0.280. The van der Waals surface area contributed by atoms with Crippen molar-refractivity contribution < 1.29 is 9.47 Å². The highest BCUT2D eigenvalue weighted by molar-refractivity contribution is 14.1. The van der Waals surface area contributed by atoms with Crippen LogP contribution in [-0.2, 0) is 0 Å². The third-order valence-electron chi connectivity index (χ3n) is 1.49. The van der Waals surface area contributed by atoms with Crippen molar-refractivity contribution >= 4 is 45.2 Å². The molecule has 4 heteroatoms. The molecule has 1 rings (SSSR count). The lowest BCUT2D eigenvalue weighted by atomic mass is 10.3. The topological polar surface area (TPSA) is 18.5 Å². The summed E-state index contributed by atoms with van der Waals surface area (Å²) in [5.74, 6) is 1.82. The first-order chi connectivity index (χ1) is 6.19. The first kappa shape index (κ1) is 11.4. The van der Waals surface area contributed by atoms with E-state index in [1.165, 1.54) is 0 Å². The number of rotatable bonds is 3. The maximum Gasteiger partial charge on any atom is 0.145 e. The highest BCUT2D eigenvalue weighted by Gasteiger charge is 2.07. The van der Waals surface area contributed by atoms with Crippen LogP contribution in [0.15, 0.2) is 12.1 Å². The zero-order valence-electron chi connectivity index (χ0n) is 7.43. The lowest BCUT2D eigenvalue weighted by Crippen LogP contribution is -1.95. The van der Waals surface area contributed by atoms with E-state index in [1.807, 2.05) is 19.1 Å². The van der Waals surface area contributed by atoms with Crippen LogP contribution in [0.1, 0.15) is 6.92 Å². The van der Waals surface area contributed by atoms with Gasteiger partial charge >= 0.3 is 0 Å². The third-order valence-corrected chi connectivity index (χ3v) is 3.09. The Kier molecular flexibility index (Phi) is 4.57. The largest absolute Gasteiger partial charge is 0.495 e. The van der Waals surface area contributed by atoms with Gasteiger partial charge in [-0.2, -0.15) is 0 Å². The van der Waals surface area contributed by atoms with Gasteiger partial charge in [0.15, 0.2) is 0 Å². The molecule has 13 heavy (non-hydrogen) atoms. The van der Waals surface area contributed by atoms with Gasteiger partial charge in [-0.1, -0.05) is 0 Å². The lowest BCUT2D eigenvalue weighted by Gasteiger charge is -2.09. The second-order valence-corrected chi connectivity index (χ2v) is 4.68. The van der Waals surface area contributed by atoms with E-state index in [4.69, 9.17) is 9.47 Å². The molecule has 0 aliphatic rings. The van der Waals surface area contributed by atoms with Crippen LogP contribution in [0.2, 0.25) is 0 Å². The molecule has 0 aliphatic heterocycles. The summed E-state index contributed by atoms with van der Waals surface area (Å²) in [6.07, 6.45) is 0. The van der Waals surface area contributed by atoms with Crippen LogP contribution >= 0.6 is 45.2 Å². The van der Waals surface area contributed by atoms with Gasteiger partial charge < -0.3 is 9.47 Å². The minimum Gasteiger partial charge on any atom is -0.495 e. The molecule has 72 valence electrons. The van der Waals surface area contributed by atoms with Crippen molar-refractivity contribution in [3.63, 3.8) is 0 Å². The Labute approximate surface area is 105 Å². The van der Waals surface area contributed by atoms with Crippen molar-refractivity contribution in [2.45, 2.75) is 6.92 Å². The molecule has 0 aliphatic carbocycles. The average molecular weight is 404 g/mol. The van der Waals surface area contributed by atoms with E-state index in [-0.39, 0.29) is 0 Å². The van der Waals surface area contributed by atoms with Gasteiger partial charge in [-0.25, -0.2) is 0 Å². The number of methoxy groups -OCH3 is 1. The molecular formula is C9H10I2O2. The summed E-state index contributed by atoms with van der Waals surface area (Å²) in [6, 6.07) is 3.95. The van der Waals surface area contributed by atoms with Crippen molar-refractivity contribution in [3.05, 3.63) is 19.3 Å². The smallest absolute Gasteiger partial charge is 0.145 e. The molecule has 1 aromatic carbocycles. The fourth-order valence-corrected chi connectivity index (χ4v) is 3.13. The first-order valence-electron chi connectivity index (χ1n) is 3.84. The van der Waals surface area contributed by atoms with Crippen LogP contribution in [0.25, 0.3) is 0 Å². The van der Waals surface area contributed by atoms with Crippen LogP contribution in [0.4, 0.5) is 0 Å². The molecule has 0 bridgehead atoms. The van der Waals surface area contributed by atoms with Gasteiger partial charge in [0.05, 0.1) is 20.9 Å². The minimum atomic E-state index is 0.693. The molecule has 0 atom stereocenters. The molecule has 0 spiro atoms. The number of hydrogen-bond donors (Lipinski definition) is 0. The summed E-state index contributed by atoms with van der Waals surface area (Å²) in [5.41, 5.74) is 0. The molecule has 0 amide bonds. The highest BCUT2D eigenvalue weighted by Crippen LogP contribution is 2.31. The van der Waals surface area contributed by atoms with E-state index in [2.05, 4.69) is 45.2 Å². The van der Waals surface area contributed by atoms with Crippen LogP contribution in [0, 0.1) is 7.14 Å². The standard InChI is InChI=1S/C9H10I2O2/c1-3-13-6-4-7(10)9(12-2)8(11)5-6/h4-5H,3H2,1-2H3. The van der Waals surface area contributed by atoms with Gasteiger partial charge in [0.25, 0.3) is 0 Å². The highest BCUT2D eigenvalue weighted by atomic mass is 127. The fourth-order valence-electron chi connectivity index (χ4n) is 0.982. The quantitative estimate of drug-likeness (QED) is 0.721. The monoisotopic (exact) mass is 404 g/mol. The van der Waals surface area contributed by atoms with Crippen LogP contribution in [0.3, 0.4) is 0 Å². The normalized spacial score (nSPS) is 9.85. The summed E-state index contributed by atoms with van der Waals surface area (Å²) in [4.78, 5) is 0. The summed E-state index contributed by atoms with van der Waals surface area (Å²) >= 11 is 4.48. The second-order valence-electron chi connectivity index (χ2n) is 2.35. The van der Waals surface area contributed by atoms with E-state index in [0.717, 1.165) is 18.6 Å². The molecule has 0 N–H and O–H groups in total. The zero-order valence-corrected chi connectivity index (χ0v) is 11.7. The Bertz CT molecular complexity index is 277. The first-order valence-corrected chi connectivity index (χ1v) is 6.00. The Morgan fingerprint density at radius 3 is 2.15 bits per heavy atom. The maximum atomic E-state index is 5.40. The molecule has 0 aromatic heterocycles. The SMILES string of the molecule is CCOc1cc(I)c(OC)c(I)c1. The summed E-state index contributed by atoms with van der Waals surface area (Å²) in [6.45, 7) is 2.67. The predicted molar refractivity (Wildman–Crippen MR) is 69.6 cm³/mol. The number of hydrogen-bond acceptors (Lipinski definition) is 2. The number of ether oxygens (including phenoxy) is 2. The van der Waals surface area contributed by atoms with Gasteiger partial charge in [0, 0.05) is 0 Å². The van der Waals surface area contributed by atoms with Crippen molar-refractivity contribution in [1.29, 1.82) is 0 Å². The molecule has 1 aromatic rings. The van der Waals surface area contributed by atoms with E-state index in [9.17, 15) is 0 Å². The average Bonchev–Trinajstić information content (AvgIpc) is 2.04. The van der Waals surface area contributed by atoms with Gasteiger partial charge in [-0.15, -0.1) is 0 Å². The van der Waals surface area contributed by atoms with Crippen molar-refractivity contribution in [2.75, 3.05) is 13.7 Å². The molecule has 0 radical (unpaired) electrons. The molecule has 0 saturated carbocycles. The van der Waals surface area contributed by atoms with Gasteiger partial charge in [0.2, 0.25) is 0 Å². The molecular weight excluding hydrogens is 394 g/mol. The Morgan fingerprint density at radius 1 is 1.23 bits per heavy atom. The Morgan fingerprint density at radius 2 is 1.77 bits per heavy atom. The van der Waals surface area contributed by atoms with Crippen molar-refractivity contribution in [1.82, 2.24) is 0 Å². The zero-order chi connectivity index (χ0) is 9.84. The van der Waals surface area contributed by atoms with E-state index in [1.54, 1.807) is 7.11 Å². The van der Waals surface area contributed by atoms with Crippen molar-refractivity contribution in [3.8, 4) is 11.5 Å². The molecule has 0 heterocycles. The molecule has 0 fully saturated rings. The lowest BCUT2D eigenvalue weighted by molar-refractivity contribution is 0.338. The van der Waals surface area contributed by atoms with E-state index in [0.29, 0.717) is 6.61 Å². The summed E-state index contributed by atoms with van der Waals surface area (Å²) in [5, 5.41) is 0. The predicted octanol–water partition coefficient (Wildman–Crippen LogP) is 3.30. The maximum absolute atomic E-state index is 5.40. The van der Waals surface area contributed by atoms with Gasteiger partial charge in [-0.05, 0) is 64.2 Å². The van der Waals surface area contributed by atoms with E-state index < -0.39 is 0 Å². The third kappa shape index (κ3) is 2.87. The second kappa shape index (κ2) is 5.23. The van der Waals surface area contributed by atoms with Crippen molar-refractivity contribution in [2.24, 2.45) is 0 Å². The van der Waals surface area contributed by atoms with Crippen LogP contribution in [0.5, 0.6) is 11.5 Å². The summed E-state index contributed by atoms with van der Waals surface area (Å²) in [7, 11) is 1.68. The fraction of sp³-hybridized carbons (Fsp3) is 0.333. The summed E-state index contributed by atoms with van der Waals surface area (Å²) < 4.78 is 12.8. The number of halogens is 2.